The zero-order chi connectivity index (χ0) is 19.7. The number of ketones is 1. The molecule has 148 valence electrons. The van der Waals surface area contributed by atoms with E-state index in [2.05, 4.69) is 23.2 Å². The van der Waals surface area contributed by atoms with Crippen LogP contribution >= 0.6 is 0 Å². The number of aliphatic hydroxyl groups excluding tert-OH is 1. The van der Waals surface area contributed by atoms with Crippen LogP contribution in [0.4, 0.5) is 0 Å². The van der Waals surface area contributed by atoms with Crippen molar-refractivity contribution < 1.29 is 19.8 Å². The second-order valence-corrected chi connectivity index (χ2v) is 6.59. The van der Waals surface area contributed by atoms with Crippen LogP contribution in [0, 0.1) is 0 Å². The zero-order valence-electron chi connectivity index (χ0n) is 15.9. The highest BCUT2D eigenvalue weighted by Crippen LogP contribution is 2.09. The molecule has 27 heavy (non-hydrogen) atoms. The molecule has 1 atom stereocenters. The van der Waals surface area contributed by atoms with Crippen molar-refractivity contribution >= 4 is 17.8 Å². The first-order chi connectivity index (χ1) is 13.1. The monoisotopic (exact) mass is 373 g/mol. The van der Waals surface area contributed by atoms with Crippen LogP contribution in [0.3, 0.4) is 0 Å². The molecule has 0 aromatic carbocycles. The van der Waals surface area contributed by atoms with Gasteiger partial charge < -0.3 is 10.2 Å². The van der Waals surface area contributed by atoms with Crippen LogP contribution in [0.2, 0.25) is 0 Å². The Balaban J connectivity index is 1.92. The Hall–Kier alpha value is -2.27. The summed E-state index contributed by atoms with van der Waals surface area (Å²) in [4.78, 5) is 26.3. The molecule has 0 fully saturated rings. The topological polar surface area (TPSA) is 87.5 Å². The summed E-state index contributed by atoms with van der Waals surface area (Å²) in [6.45, 7) is 0. The summed E-state index contributed by atoms with van der Waals surface area (Å²) in [6, 6.07) is 5.87. The molecule has 2 N–H and O–H groups in total. The van der Waals surface area contributed by atoms with Crippen molar-refractivity contribution in [2.45, 2.75) is 70.3 Å². The number of unbranched alkanes of at least 4 members (excludes halogenated alkanes) is 5. The van der Waals surface area contributed by atoms with Crippen LogP contribution in [0.15, 0.2) is 42.6 Å². The maximum absolute atomic E-state index is 11.6. The summed E-state index contributed by atoms with van der Waals surface area (Å²) in [5.41, 5.74) is 0.984. The number of hydrogen-bond donors (Lipinski definition) is 2. The number of rotatable bonds is 15. The molecule has 5 nitrogen and oxygen atoms in total. The summed E-state index contributed by atoms with van der Waals surface area (Å²) < 4.78 is 0. The van der Waals surface area contributed by atoms with Gasteiger partial charge in [-0.3, -0.25) is 9.78 Å². The zero-order valence-corrected chi connectivity index (χ0v) is 15.9. The number of allylic oxidation sites excluding steroid dienone is 3. The summed E-state index contributed by atoms with van der Waals surface area (Å²) in [5, 5.41) is 17.7. The number of carbonyl (C=O) groups is 2. The van der Waals surface area contributed by atoms with Gasteiger partial charge in [-0.1, -0.05) is 37.1 Å². The number of pyridine rings is 1. The van der Waals surface area contributed by atoms with E-state index in [0.29, 0.717) is 6.42 Å². The molecule has 0 radical (unpaired) electrons. The first kappa shape index (κ1) is 22.8. The third kappa shape index (κ3) is 12.7. The minimum Gasteiger partial charge on any atom is -0.479 e. The van der Waals surface area contributed by atoms with Crippen molar-refractivity contribution in [2.24, 2.45) is 0 Å². The molecule has 1 rings (SSSR count). The van der Waals surface area contributed by atoms with E-state index in [4.69, 9.17) is 10.2 Å². The van der Waals surface area contributed by atoms with E-state index in [-0.39, 0.29) is 18.6 Å². The smallest absolute Gasteiger partial charge is 0.332 e. The van der Waals surface area contributed by atoms with Gasteiger partial charge in [0.25, 0.3) is 0 Å². The summed E-state index contributed by atoms with van der Waals surface area (Å²) in [6.07, 6.45) is 16.7. The SMILES string of the molecule is O=C(CCCCCCC=CCCC=Cc1ccccn1)CCC(O)C(=O)O. The third-order valence-corrected chi connectivity index (χ3v) is 4.20. The van der Waals surface area contributed by atoms with Crippen LogP contribution in [-0.4, -0.2) is 33.1 Å². The van der Waals surface area contributed by atoms with E-state index in [1.807, 2.05) is 24.3 Å². The second kappa shape index (κ2) is 14.9. The first-order valence-electron chi connectivity index (χ1n) is 9.74. The summed E-state index contributed by atoms with van der Waals surface area (Å²) in [5.74, 6) is -1.23. The van der Waals surface area contributed by atoms with E-state index in [1.54, 1.807) is 6.20 Å². The number of aromatic nitrogens is 1. The molecule has 0 aliphatic rings. The molecular formula is C22H31NO4. The number of carboxylic acid groups (broad SMARTS) is 1. The second-order valence-electron chi connectivity index (χ2n) is 6.59. The Morgan fingerprint density at radius 1 is 0.963 bits per heavy atom. The number of aliphatic hydroxyl groups is 1. The van der Waals surface area contributed by atoms with E-state index >= 15 is 0 Å². The highest BCUT2D eigenvalue weighted by molar-refractivity contribution is 5.79. The molecule has 1 heterocycles. The number of carbonyl (C=O) groups excluding carboxylic acids is 1. The molecule has 0 bridgehead atoms. The number of carboxylic acids is 1. The van der Waals surface area contributed by atoms with Gasteiger partial charge in [-0.15, -0.1) is 0 Å². The lowest BCUT2D eigenvalue weighted by molar-refractivity contribution is -0.147. The largest absolute Gasteiger partial charge is 0.479 e. The van der Waals surface area contributed by atoms with Crippen molar-refractivity contribution in [3.63, 3.8) is 0 Å². The molecule has 5 heteroatoms. The van der Waals surface area contributed by atoms with Crippen molar-refractivity contribution in [3.05, 3.63) is 48.3 Å². The third-order valence-electron chi connectivity index (χ3n) is 4.20. The van der Waals surface area contributed by atoms with Crippen LogP contribution in [0.25, 0.3) is 6.08 Å². The predicted octanol–water partition coefficient (Wildman–Crippen LogP) is 4.57. The lowest BCUT2D eigenvalue weighted by atomic mass is 10.0. The molecule has 0 saturated carbocycles. The fourth-order valence-electron chi connectivity index (χ4n) is 2.59. The van der Waals surface area contributed by atoms with E-state index in [9.17, 15) is 9.59 Å². The molecule has 0 spiro atoms. The lowest BCUT2D eigenvalue weighted by Gasteiger charge is -2.04. The normalized spacial score (nSPS) is 12.6. The van der Waals surface area contributed by atoms with Gasteiger partial charge in [-0.05, 0) is 56.7 Å². The molecule has 0 aliphatic carbocycles. The minimum absolute atomic E-state index is 0.00993. The molecule has 1 unspecified atom stereocenters. The van der Waals surface area contributed by atoms with Crippen LogP contribution in [0.5, 0.6) is 0 Å². The van der Waals surface area contributed by atoms with Crippen molar-refractivity contribution in [2.75, 3.05) is 0 Å². The maximum atomic E-state index is 11.6. The summed E-state index contributed by atoms with van der Waals surface area (Å²) in [7, 11) is 0. The van der Waals surface area contributed by atoms with Gasteiger partial charge in [0.2, 0.25) is 0 Å². The number of aliphatic carboxylic acids is 1. The molecule has 1 aromatic rings. The number of nitrogens with zero attached hydrogens (tertiary/aromatic N) is 1. The van der Waals surface area contributed by atoms with Gasteiger partial charge in [0.05, 0.1) is 5.69 Å². The fourth-order valence-corrected chi connectivity index (χ4v) is 2.59. The Labute approximate surface area is 161 Å². The van der Waals surface area contributed by atoms with Gasteiger partial charge in [-0.2, -0.15) is 0 Å². The summed E-state index contributed by atoms with van der Waals surface area (Å²) >= 11 is 0. The maximum Gasteiger partial charge on any atom is 0.332 e. The van der Waals surface area contributed by atoms with Crippen molar-refractivity contribution in [1.82, 2.24) is 4.98 Å². The Morgan fingerprint density at radius 2 is 1.70 bits per heavy atom. The number of hydrogen-bond acceptors (Lipinski definition) is 4. The number of Topliss-reactive ketones (excluding diaryl/α,β-unsaturated/α-hetero) is 1. The fraction of sp³-hybridized carbons (Fsp3) is 0.500. The minimum atomic E-state index is -1.42. The van der Waals surface area contributed by atoms with Gasteiger partial charge >= 0.3 is 5.97 Å². The van der Waals surface area contributed by atoms with E-state index in [0.717, 1.165) is 50.6 Å². The Bertz CT molecular complexity index is 596. The molecule has 1 aromatic heterocycles. The van der Waals surface area contributed by atoms with E-state index < -0.39 is 12.1 Å². The quantitative estimate of drug-likeness (QED) is 0.347. The van der Waals surface area contributed by atoms with Gasteiger partial charge in [-0.25, -0.2) is 4.79 Å². The van der Waals surface area contributed by atoms with Crippen LogP contribution in [-0.2, 0) is 9.59 Å². The standard InChI is InChI=1S/C22H31NO4/c24-20(16-17-21(25)22(26)27)15-10-8-6-4-2-1-3-5-7-9-13-19-14-11-12-18-23-19/h1,3,9,11-14,18,21,25H,2,4-8,10,15-17H2,(H,26,27). The van der Waals surface area contributed by atoms with Crippen molar-refractivity contribution in [3.8, 4) is 0 Å². The lowest BCUT2D eigenvalue weighted by Crippen LogP contribution is -2.20. The highest BCUT2D eigenvalue weighted by Gasteiger charge is 2.14. The Morgan fingerprint density at radius 3 is 2.44 bits per heavy atom. The van der Waals surface area contributed by atoms with E-state index in [1.165, 1.54) is 0 Å². The molecule has 0 amide bonds. The van der Waals surface area contributed by atoms with Gasteiger partial charge in [0.15, 0.2) is 6.10 Å². The van der Waals surface area contributed by atoms with Gasteiger partial charge in [0.1, 0.15) is 5.78 Å². The molecule has 0 saturated heterocycles. The average molecular weight is 373 g/mol. The first-order valence-corrected chi connectivity index (χ1v) is 9.74. The van der Waals surface area contributed by atoms with Crippen LogP contribution < -0.4 is 0 Å². The molecule has 0 aliphatic heterocycles. The Kier molecular flexibility index (Phi) is 12.5. The average Bonchev–Trinajstić information content (AvgIpc) is 2.67. The highest BCUT2D eigenvalue weighted by atomic mass is 16.4. The van der Waals surface area contributed by atoms with Gasteiger partial charge in [0, 0.05) is 19.0 Å². The van der Waals surface area contributed by atoms with Crippen LogP contribution in [0.1, 0.15) is 69.9 Å². The predicted molar refractivity (Wildman–Crippen MR) is 107 cm³/mol. The molecular weight excluding hydrogens is 342 g/mol. The van der Waals surface area contributed by atoms with Crippen molar-refractivity contribution in [1.29, 1.82) is 0 Å².